The van der Waals surface area contributed by atoms with E-state index in [0.717, 1.165) is 41.2 Å². The van der Waals surface area contributed by atoms with Gasteiger partial charge in [0.1, 0.15) is 0 Å². The zero-order valence-corrected chi connectivity index (χ0v) is 13.2. The minimum atomic E-state index is 0.656. The Morgan fingerprint density at radius 3 is 3.28 bits per heavy atom. The second-order valence-electron chi connectivity index (χ2n) is 3.69. The number of fused-ring (bicyclic) bond motifs is 1. The van der Waals surface area contributed by atoms with Crippen molar-refractivity contribution in [1.29, 1.82) is 0 Å². The van der Waals surface area contributed by atoms with Gasteiger partial charge in [0.25, 0.3) is 0 Å². The normalized spacial score (nSPS) is 13.4. The Morgan fingerprint density at radius 1 is 1.67 bits per heavy atom. The van der Waals surface area contributed by atoms with Gasteiger partial charge < -0.3 is 15.2 Å². The molecule has 2 rings (SSSR count). The Labute approximate surface area is 126 Å². The van der Waals surface area contributed by atoms with Crippen molar-refractivity contribution in [3.63, 3.8) is 0 Å². The van der Waals surface area contributed by atoms with Gasteiger partial charge in [-0.15, -0.1) is 0 Å². The molecule has 0 spiro atoms. The smallest absolute Gasteiger partial charge is 0.169 e. The summed E-state index contributed by atoms with van der Waals surface area (Å²) >= 11 is 14.8. The lowest BCUT2D eigenvalue weighted by Crippen LogP contribution is -2.33. The molecule has 100 valence electrons. The van der Waals surface area contributed by atoms with E-state index in [4.69, 9.17) is 23.8 Å². The summed E-state index contributed by atoms with van der Waals surface area (Å²) in [6.07, 6.45) is 0. The second kappa shape index (κ2) is 6.88. The molecule has 0 unspecified atom stereocenters. The van der Waals surface area contributed by atoms with Crippen LogP contribution < -0.4 is 10.6 Å². The number of aromatic nitrogens is 2. The molecule has 1 aliphatic rings. The molecule has 0 bridgehead atoms. The van der Waals surface area contributed by atoms with Gasteiger partial charge in [0.15, 0.2) is 15.4 Å². The fourth-order valence-corrected chi connectivity index (χ4v) is 3.96. The van der Waals surface area contributed by atoms with E-state index in [0.29, 0.717) is 10.3 Å². The van der Waals surface area contributed by atoms with Gasteiger partial charge in [-0.1, -0.05) is 23.4 Å². The number of thiocarbonyl (C=S) groups is 1. The summed E-state index contributed by atoms with van der Waals surface area (Å²) in [5.41, 5.74) is 1.15. The maximum Gasteiger partial charge on any atom is 0.169 e. The van der Waals surface area contributed by atoms with Crippen molar-refractivity contribution >= 4 is 52.5 Å². The molecule has 1 aromatic heterocycles. The number of halogens is 1. The fourth-order valence-electron chi connectivity index (χ4n) is 1.64. The largest absolute Gasteiger partial charge is 0.366 e. The molecule has 0 fully saturated rings. The molecule has 8 heteroatoms. The molecule has 0 radical (unpaired) electrons. The molecule has 0 saturated heterocycles. The van der Waals surface area contributed by atoms with Gasteiger partial charge in [0.2, 0.25) is 0 Å². The minimum absolute atomic E-state index is 0.656. The lowest BCUT2D eigenvalue weighted by atomic mass is 10.5. The molecule has 1 aromatic rings. The quantitative estimate of drug-likeness (QED) is 0.638. The van der Waals surface area contributed by atoms with Crippen molar-refractivity contribution in [2.45, 2.75) is 17.5 Å². The number of nitrogens with zero attached hydrogens (tertiary/aromatic N) is 2. The standard InChI is InChI=1S/C10H15ClN4S3/c1-12-9(16)13-2-4-17-6-7-8(11)14-10-15(7)3-5-18-10/h2-6H2,1H3,(H2,12,13,16). The molecule has 2 heterocycles. The van der Waals surface area contributed by atoms with E-state index in [-0.39, 0.29) is 0 Å². The Morgan fingerprint density at radius 2 is 2.50 bits per heavy atom. The highest BCUT2D eigenvalue weighted by Crippen LogP contribution is 2.32. The zero-order chi connectivity index (χ0) is 13.0. The highest BCUT2D eigenvalue weighted by atomic mass is 35.5. The lowest BCUT2D eigenvalue weighted by molar-refractivity contribution is 0.695. The summed E-state index contributed by atoms with van der Waals surface area (Å²) in [5, 5.41) is 8.41. The van der Waals surface area contributed by atoms with Crippen LogP contribution in [0.25, 0.3) is 0 Å². The zero-order valence-electron chi connectivity index (χ0n) is 10.0. The molecular weight excluding hydrogens is 308 g/mol. The van der Waals surface area contributed by atoms with E-state index < -0.39 is 0 Å². The number of hydrogen-bond donors (Lipinski definition) is 2. The topological polar surface area (TPSA) is 41.9 Å². The number of thioether (sulfide) groups is 2. The average Bonchev–Trinajstić information content (AvgIpc) is 2.90. The summed E-state index contributed by atoms with van der Waals surface area (Å²) in [4.78, 5) is 4.36. The number of rotatable bonds is 5. The molecule has 0 aliphatic carbocycles. The molecular formula is C10H15ClN4S3. The molecule has 1 aliphatic heterocycles. The second-order valence-corrected chi connectivity index (χ2v) is 6.62. The Bertz CT molecular complexity index is 435. The molecule has 18 heavy (non-hydrogen) atoms. The molecule has 0 atom stereocenters. The minimum Gasteiger partial charge on any atom is -0.366 e. The van der Waals surface area contributed by atoms with E-state index in [1.54, 1.807) is 11.8 Å². The van der Waals surface area contributed by atoms with E-state index in [1.807, 2.05) is 18.8 Å². The van der Waals surface area contributed by atoms with Crippen LogP contribution in [0.4, 0.5) is 0 Å². The fraction of sp³-hybridized carbons (Fsp3) is 0.600. The van der Waals surface area contributed by atoms with Crippen molar-refractivity contribution in [3.8, 4) is 0 Å². The van der Waals surface area contributed by atoms with Crippen LogP contribution >= 0.6 is 47.3 Å². The van der Waals surface area contributed by atoms with Crippen molar-refractivity contribution < 1.29 is 0 Å². The van der Waals surface area contributed by atoms with Crippen LogP contribution in [-0.2, 0) is 12.3 Å². The van der Waals surface area contributed by atoms with Gasteiger partial charge >= 0.3 is 0 Å². The first-order valence-electron chi connectivity index (χ1n) is 5.63. The Balaban J connectivity index is 1.75. The monoisotopic (exact) mass is 322 g/mol. The summed E-state index contributed by atoms with van der Waals surface area (Å²) < 4.78 is 2.23. The lowest BCUT2D eigenvalue weighted by Gasteiger charge is -2.07. The number of imidazole rings is 1. The van der Waals surface area contributed by atoms with Gasteiger partial charge in [-0.2, -0.15) is 11.8 Å². The van der Waals surface area contributed by atoms with Gasteiger partial charge in [-0.25, -0.2) is 4.98 Å². The highest BCUT2D eigenvalue weighted by molar-refractivity contribution is 7.99. The van der Waals surface area contributed by atoms with Crippen LogP contribution in [0.2, 0.25) is 5.15 Å². The first-order chi connectivity index (χ1) is 8.72. The summed E-state index contributed by atoms with van der Waals surface area (Å²) in [7, 11) is 1.81. The Kier molecular flexibility index (Phi) is 5.47. The van der Waals surface area contributed by atoms with E-state index in [9.17, 15) is 0 Å². The number of hydrogen-bond acceptors (Lipinski definition) is 4. The average molecular weight is 323 g/mol. The molecule has 4 nitrogen and oxygen atoms in total. The van der Waals surface area contributed by atoms with E-state index in [2.05, 4.69) is 20.2 Å². The van der Waals surface area contributed by atoms with Crippen molar-refractivity contribution in [3.05, 3.63) is 10.8 Å². The van der Waals surface area contributed by atoms with Crippen molar-refractivity contribution in [2.24, 2.45) is 0 Å². The van der Waals surface area contributed by atoms with E-state index in [1.165, 1.54) is 0 Å². The van der Waals surface area contributed by atoms with Crippen LogP contribution in [0.15, 0.2) is 5.16 Å². The third-order valence-corrected chi connectivity index (χ3v) is 5.11. The van der Waals surface area contributed by atoms with Crippen LogP contribution in [0.3, 0.4) is 0 Å². The first-order valence-corrected chi connectivity index (χ1v) is 8.56. The van der Waals surface area contributed by atoms with E-state index >= 15 is 0 Å². The molecule has 0 saturated carbocycles. The predicted molar refractivity (Wildman–Crippen MR) is 83.8 cm³/mol. The van der Waals surface area contributed by atoms with Crippen LogP contribution in [-0.4, -0.2) is 39.8 Å². The van der Waals surface area contributed by atoms with Gasteiger partial charge in [-0.3, -0.25) is 0 Å². The Hall–Kier alpha value is -0.110. The third-order valence-electron chi connectivity index (χ3n) is 2.53. The number of nitrogens with one attached hydrogen (secondary N) is 2. The highest BCUT2D eigenvalue weighted by Gasteiger charge is 2.20. The first kappa shape index (κ1) is 14.3. The van der Waals surface area contributed by atoms with Crippen LogP contribution in [0, 0.1) is 0 Å². The van der Waals surface area contributed by atoms with Crippen molar-refractivity contribution in [1.82, 2.24) is 20.2 Å². The molecule has 0 aromatic carbocycles. The summed E-state index contributed by atoms with van der Waals surface area (Å²) in [6, 6.07) is 0. The third kappa shape index (κ3) is 3.46. The maximum atomic E-state index is 6.14. The summed E-state index contributed by atoms with van der Waals surface area (Å²) in [5.74, 6) is 3.00. The van der Waals surface area contributed by atoms with Gasteiger partial charge in [-0.05, 0) is 12.2 Å². The van der Waals surface area contributed by atoms with Gasteiger partial charge in [0.05, 0.1) is 5.69 Å². The van der Waals surface area contributed by atoms with Gasteiger partial charge in [0, 0.05) is 37.4 Å². The maximum absolute atomic E-state index is 6.14. The molecule has 0 amide bonds. The van der Waals surface area contributed by atoms with Crippen molar-refractivity contribution in [2.75, 3.05) is 25.1 Å². The predicted octanol–water partition coefficient (Wildman–Crippen LogP) is 1.97. The molecule has 2 N–H and O–H groups in total. The van der Waals surface area contributed by atoms with Crippen LogP contribution in [0.5, 0.6) is 0 Å². The SMILES string of the molecule is CNC(=S)NCCSCc1c(Cl)nc2n1CCS2. The summed E-state index contributed by atoms with van der Waals surface area (Å²) in [6.45, 7) is 1.88. The van der Waals surface area contributed by atoms with Crippen LogP contribution in [0.1, 0.15) is 5.69 Å².